The highest BCUT2D eigenvalue weighted by atomic mass is 16.5. The predicted molar refractivity (Wildman–Crippen MR) is 74.2 cm³/mol. The number of aliphatic carboxylic acids is 1. The van der Waals surface area contributed by atoms with Crippen molar-refractivity contribution in [1.29, 1.82) is 0 Å². The van der Waals surface area contributed by atoms with Crippen LogP contribution in [0.3, 0.4) is 0 Å². The van der Waals surface area contributed by atoms with Crippen molar-refractivity contribution in [3.63, 3.8) is 0 Å². The van der Waals surface area contributed by atoms with E-state index >= 15 is 0 Å². The number of carbonyl (C=O) groups is 1. The second kappa shape index (κ2) is 4.40. The van der Waals surface area contributed by atoms with Crippen molar-refractivity contribution >= 4 is 5.97 Å². The molecule has 3 rings (SSSR count). The zero-order valence-corrected chi connectivity index (χ0v) is 11.9. The first kappa shape index (κ1) is 13.3. The fourth-order valence-corrected chi connectivity index (χ4v) is 2.45. The Morgan fingerprint density at radius 3 is 2.50 bits per heavy atom. The van der Waals surface area contributed by atoms with Gasteiger partial charge in [0.15, 0.2) is 11.5 Å². The van der Waals surface area contributed by atoms with Gasteiger partial charge < -0.3 is 14.6 Å². The summed E-state index contributed by atoms with van der Waals surface area (Å²) < 4.78 is 11.7. The molecule has 20 heavy (non-hydrogen) atoms. The average molecular weight is 276 g/mol. The van der Waals surface area contributed by atoms with Gasteiger partial charge in [0.05, 0.1) is 18.6 Å². The largest absolute Gasteiger partial charge is 0.489 e. The minimum Gasteiger partial charge on any atom is -0.489 e. The van der Waals surface area contributed by atoms with Crippen molar-refractivity contribution < 1.29 is 19.4 Å². The van der Waals surface area contributed by atoms with Gasteiger partial charge >= 0.3 is 5.97 Å². The summed E-state index contributed by atoms with van der Waals surface area (Å²) in [6.45, 7) is 4.89. The molecule has 1 aromatic carbocycles. The van der Waals surface area contributed by atoms with Gasteiger partial charge in [-0.2, -0.15) is 0 Å². The molecular weight excluding hydrogens is 256 g/mol. The summed E-state index contributed by atoms with van der Waals surface area (Å²) in [5, 5.41) is 9.21. The van der Waals surface area contributed by atoms with E-state index in [-0.39, 0.29) is 5.41 Å². The third-order valence-electron chi connectivity index (χ3n) is 4.26. The van der Waals surface area contributed by atoms with Crippen LogP contribution < -0.4 is 9.47 Å². The van der Waals surface area contributed by atoms with Crippen LogP contribution >= 0.6 is 0 Å². The molecule has 1 aromatic rings. The number of rotatable bonds is 3. The molecule has 4 heteroatoms. The van der Waals surface area contributed by atoms with E-state index in [4.69, 9.17) is 9.47 Å². The molecule has 0 unspecified atom stereocenters. The van der Waals surface area contributed by atoms with Crippen LogP contribution in [0.1, 0.15) is 32.3 Å². The molecule has 1 saturated carbocycles. The van der Waals surface area contributed by atoms with E-state index < -0.39 is 11.4 Å². The number of carboxylic acid groups (broad SMARTS) is 1. The van der Waals surface area contributed by atoms with E-state index in [9.17, 15) is 9.90 Å². The molecule has 2 aliphatic rings. The molecule has 1 heterocycles. The van der Waals surface area contributed by atoms with Crippen molar-refractivity contribution in [1.82, 2.24) is 0 Å². The Hall–Kier alpha value is -1.71. The van der Waals surface area contributed by atoms with E-state index in [0.717, 1.165) is 23.7 Å². The molecule has 0 radical (unpaired) electrons. The zero-order valence-electron chi connectivity index (χ0n) is 11.9. The highest BCUT2D eigenvalue weighted by Crippen LogP contribution is 2.49. The highest BCUT2D eigenvalue weighted by Gasteiger charge is 2.46. The third-order valence-corrected chi connectivity index (χ3v) is 4.26. The van der Waals surface area contributed by atoms with Crippen LogP contribution in [-0.2, 0) is 11.2 Å². The van der Waals surface area contributed by atoms with Crippen molar-refractivity contribution in [3.8, 4) is 11.5 Å². The first-order valence-electron chi connectivity index (χ1n) is 7.02. The number of carboxylic acids is 1. The first-order chi connectivity index (χ1) is 9.40. The fraction of sp³-hybridized carbons (Fsp3) is 0.562. The van der Waals surface area contributed by atoms with E-state index in [0.29, 0.717) is 13.0 Å². The summed E-state index contributed by atoms with van der Waals surface area (Å²) in [6.07, 6.45) is 2.81. The quantitative estimate of drug-likeness (QED) is 0.922. The first-order valence-corrected chi connectivity index (χ1v) is 7.02. The Bertz CT molecular complexity index is 543. The molecule has 0 bridgehead atoms. The summed E-state index contributed by atoms with van der Waals surface area (Å²) in [7, 11) is 0. The van der Waals surface area contributed by atoms with Gasteiger partial charge in [-0.1, -0.05) is 6.07 Å². The second-order valence-electron chi connectivity index (χ2n) is 6.72. The van der Waals surface area contributed by atoms with Gasteiger partial charge in [-0.15, -0.1) is 0 Å². The average Bonchev–Trinajstić information content (AvgIpc) is 3.17. The summed E-state index contributed by atoms with van der Waals surface area (Å²) in [5.74, 6) is 0.722. The predicted octanol–water partition coefficient (Wildman–Crippen LogP) is 2.89. The minimum absolute atomic E-state index is 0.222. The zero-order chi connectivity index (χ0) is 14.4. The van der Waals surface area contributed by atoms with E-state index in [1.54, 1.807) is 13.8 Å². The van der Waals surface area contributed by atoms with E-state index in [1.807, 2.05) is 18.2 Å². The minimum atomic E-state index is -0.790. The van der Waals surface area contributed by atoms with Crippen LogP contribution in [0.25, 0.3) is 0 Å². The standard InChI is InChI=1S/C16H20O4/c1-15(2,14(17)18)8-11-3-4-12-13(7-11)20-10-16(5-6-16)9-19-12/h3-4,7H,5-6,8-10H2,1-2H3,(H,17,18). The maximum absolute atomic E-state index is 11.2. The molecule has 1 fully saturated rings. The number of hydrogen-bond donors (Lipinski definition) is 1. The molecule has 1 aliphatic carbocycles. The van der Waals surface area contributed by atoms with Crippen LogP contribution in [0.2, 0.25) is 0 Å². The number of fused-ring (bicyclic) bond motifs is 1. The summed E-state index contributed by atoms with van der Waals surface area (Å²) in [4.78, 5) is 11.2. The lowest BCUT2D eigenvalue weighted by molar-refractivity contribution is -0.146. The van der Waals surface area contributed by atoms with Crippen LogP contribution in [0.5, 0.6) is 11.5 Å². The lowest BCUT2D eigenvalue weighted by Gasteiger charge is -2.19. The lowest BCUT2D eigenvalue weighted by atomic mass is 9.86. The van der Waals surface area contributed by atoms with Crippen LogP contribution in [0.15, 0.2) is 18.2 Å². The van der Waals surface area contributed by atoms with E-state index in [1.165, 1.54) is 12.8 Å². The molecule has 0 saturated heterocycles. The third kappa shape index (κ3) is 2.47. The molecular formula is C16H20O4. The second-order valence-corrected chi connectivity index (χ2v) is 6.72. The Morgan fingerprint density at radius 2 is 1.90 bits per heavy atom. The number of benzene rings is 1. The van der Waals surface area contributed by atoms with Gasteiger partial charge in [0.2, 0.25) is 0 Å². The monoisotopic (exact) mass is 276 g/mol. The Balaban J connectivity index is 1.79. The maximum Gasteiger partial charge on any atom is 0.309 e. The summed E-state index contributed by atoms with van der Waals surface area (Å²) >= 11 is 0. The van der Waals surface area contributed by atoms with Crippen LogP contribution in [0, 0.1) is 10.8 Å². The summed E-state index contributed by atoms with van der Waals surface area (Å²) in [6, 6.07) is 5.74. The van der Waals surface area contributed by atoms with Gasteiger partial charge in [-0.3, -0.25) is 4.79 Å². The Labute approximate surface area is 118 Å². The Kier molecular flexibility index (Phi) is 2.92. The smallest absolute Gasteiger partial charge is 0.309 e. The van der Waals surface area contributed by atoms with Crippen molar-refractivity contribution in [3.05, 3.63) is 23.8 Å². The van der Waals surface area contributed by atoms with Crippen LogP contribution in [0.4, 0.5) is 0 Å². The molecule has 108 valence electrons. The van der Waals surface area contributed by atoms with Gasteiger partial charge in [0.25, 0.3) is 0 Å². The molecule has 1 N–H and O–H groups in total. The van der Waals surface area contributed by atoms with Crippen molar-refractivity contribution in [2.75, 3.05) is 13.2 Å². The Morgan fingerprint density at radius 1 is 1.25 bits per heavy atom. The van der Waals surface area contributed by atoms with Crippen LogP contribution in [-0.4, -0.2) is 24.3 Å². The number of ether oxygens (including phenoxy) is 2. The number of hydrogen-bond acceptors (Lipinski definition) is 3. The topological polar surface area (TPSA) is 55.8 Å². The van der Waals surface area contributed by atoms with E-state index in [2.05, 4.69) is 0 Å². The molecule has 1 aliphatic heterocycles. The van der Waals surface area contributed by atoms with Gasteiger partial charge in [-0.25, -0.2) is 0 Å². The molecule has 4 nitrogen and oxygen atoms in total. The van der Waals surface area contributed by atoms with Gasteiger partial charge in [0.1, 0.15) is 0 Å². The fourth-order valence-electron chi connectivity index (χ4n) is 2.45. The van der Waals surface area contributed by atoms with Gasteiger partial charge in [0, 0.05) is 5.41 Å². The molecule has 0 atom stereocenters. The highest BCUT2D eigenvalue weighted by molar-refractivity contribution is 5.74. The molecule has 0 aromatic heterocycles. The lowest BCUT2D eigenvalue weighted by Crippen LogP contribution is -2.26. The van der Waals surface area contributed by atoms with Gasteiger partial charge in [-0.05, 0) is 50.8 Å². The molecule has 0 amide bonds. The molecule has 1 spiro atoms. The summed E-state index contributed by atoms with van der Waals surface area (Å²) in [5.41, 5.74) is 0.406. The SMILES string of the molecule is CC(C)(Cc1ccc2c(c1)OCC1(CC1)CO2)C(=O)O. The van der Waals surface area contributed by atoms with Crippen molar-refractivity contribution in [2.45, 2.75) is 33.1 Å². The normalized spacial score (nSPS) is 19.5. The van der Waals surface area contributed by atoms with Crippen molar-refractivity contribution in [2.24, 2.45) is 10.8 Å². The maximum atomic E-state index is 11.2.